The Morgan fingerprint density at radius 1 is 1.46 bits per heavy atom. The number of amides is 1. The van der Waals surface area contributed by atoms with E-state index in [4.69, 9.17) is 16.7 Å². The van der Waals surface area contributed by atoms with Gasteiger partial charge >= 0.3 is 0 Å². The van der Waals surface area contributed by atoms with Crippen LogP contribution < -0.4 is 16.4 Å². The molecular weight excluding hydrogens is 176 g/mol. The molecule has 0 unspecified atom stereocenters. The highest BCUT2D eigenvalue weighted by molar-refractivity contribution is 5.98. The summed E-state index contributed by atoms with van der Waals surface area (Å²) in [5.41, 5.74) is 10.8. The highest BCUT2D eigenvalue weighted by Crippen LogP contribution is 2.19. The molecule has 5 N–H and O–H groups in total. The molecule has 1 aromatic rings. The second kappa shape index (κ2) is 3.74. The first-order valence-corrected chi connectivity index (χ1v) is 3.32. The maximum Gasteiger partial charge on any atom is 0.250 e. The number of hydrogen-bond acceptors (Lipinski definition) is 5. The number of nitrogens with two attached hydrogens (primary N) is 2. The number of hydrogen-bond donors (Lipinski definition) is 3. The average Bonchev–Trinajstić information content (AvgIpc) is 2.04. The van der Waals surface area contributed by atoms with E-state index in [2.05, 4.69) is 9.93 Å². The fourth-order valence-electron chi connectivity index (χ4n) is 0.860. The minimum atomic E-state index is -0.631. The Kier molecular flexibility index (Phi) is 2.68. The van der Waals surface area contributed by atoms with E-state index >= 15 is 0 Å². The van der Waals surface area contributed by atoms with Gasteiger partial charge in [0.25, 0.3) is 5.91 Å². The summed E-state index contributed by atoms with van der Waals surface area (Å²) < 4.78 is 0. The van der Waals surface area contributed by atoms with Gasteiger partial charge < -0.3 is 16.4 Å². The first-order chi connectivity index (χ1) is 6.15. The van der Waals surface area contributed by atoms with E-state index in [-0.39, 0.29) is 17.0 Å². The summed E-state index contributed by atoms with van der Waals surface area (Å²) in [6.07, 6.45) is 0. The maximum absolute atomic E-state index is 10.7. The molecule has 0 heterocycles. The second-order valence-electron chi connectivity index (χ2n) is 2.27. The number of primary amides is 1. The van der Waals surface area contributed by atoms with E-state index in [0.29, 0.717) is 0 Å². The van der Waals surface area contributed by atoms with Gasteiger partial charge in [-0.2, -0.15) is 0 Å². The summed E-state index contributed by atoms with van der Waals surface area (Å²) in [7, 11) is 0. The van der Waals surface area contributed by atoms with Crippen molar-refractivity contribution < 1.29 is 20.0 Å². The van der Waals surface area contributed by atoms with Gasteiger partial charge in [0.05, 0.1) is 5.56 Å². The third-order valence-corrected chi connectivity index (χ3v) is 1.42. The van der Waals surface area contributed by atoms with Crippen LogP contribution in [0.4, 0.5) is 5.69 Å². The van der Waals surface area contributed by atoms with Crippen LogP contribution in [0.25, 0.3) is 0 Å². The Morgan fingerprint density at radius 2 is 2.15 bits per heavy atom. The lowest BCUT2D eigenvalue weighted by molar-refractivity contribution is -0.438. The Labute approximate surface area is 73.5 Å². The predicted molar refractivity (Wildman–Crippen MR) is 43.7 cm³/mol. The van der Waals surface area contributed by atoms with E-state index < -0.39 is 5.91 Å². The van der Waals surface area contributed by atoms with Crippen molar-refractivity contribution in [3.63, 3.8) is 0 Å². The third-order valence-electron chi connectivity index (χ3n) is 1.42. The minimum Gasteiger partial charge on any atom is -0.398 e. The molecule has 0 aliphatic rings. The molecule has 0 aliphatic carbocycles. The lowest BCUT2D eigenvalue weighted by Crippen LogP contribution is -2.13. The Bertz CT molecular complexity index is 326. The summed E-state index contributed by atoms with van der Waals surface area (Å²) in [6.45, 7) is 0. The smallest absolute Gasteiger partial charge is 0.250 e. The van der Waals surface area contributed by atoms with Crippen molar-refractivity contribution >= 4 is 11.6 Å². The van der Waals surface area contributed by atoms with Crippen molar-refractivity contribution in [3.8, 4) is 5.75 Å². The molecule has 0 bridgehead atoms. The van der Waals surface area contributed by atoms with Gasteiger partial charge in [-0.05, 0) is 17.2 Å². The summed E-state index contributed by atoms with van der Waals surface area (Å²) >= 11 is 0. The fourth-order valence-corrected chi connectivity index (χ4v) is 0.860. The van der Waals surface area contributed by atoms with Gasteiger partial charge in [-0.25, -0.2) is 5.26 Å². The standard InChI is InChI=1S/C7H8N2O4/c8-6-3-4(12-13-11)1-2-5(6)7(9)10/h1-3,11H,8H2,(H2,9,10). The van der Waals surface area contributed by atoms with Crippen LogP contribution in [0.15, 0.2) is 18.2 Å². The van der Waals surface area contributed by atoms with Gasteiger partial charge in [0, 0.05) is 11.8 Å². The van der Waals surface area contributed by atoms with E-state index in [0.717, 1.165) is 0 Å². The van der Waals surface area contributed by atoms with Gasteiger partial charge in [-0.1, -0.05) is 0 Å². The molecule has 70 valence electrons. The topological polar surface area (TPSA) is 108 Å². The molecule has 0 saturated carbocycles. The number of anilines is 1. The number of benzene rings is 1. The Morgan fingerprint density at radius 3 is 2.62 bits per heavy atom. The van der Waals surface area contributed by atoms with Gasteiger partial charge in [-0.3, -0.25) is 4.79 Å². The van der Waals surface area contributed by atoms with E-state index in [1.165, 1.54) is 18.2 Å². The van der Waals surface area contributed by atoms with E-state index in [1.54, 1.807) is 0 Å². The zero-order chi connectivity index (χ0) is 9.84. The van der Waals surface area contributed by atoms with Crippen LogP contribution in [-0.2, 0) is 5.04 Å². The lowest BCUT2D eigenvalue weighted by atomic mass is 10.1. The molecular formula is C7H8N2O4. The van der Waals surface area contributed by atoms with Crippen LogP contribution >= 0.6 is 0 Å². The number of carbonyl (C=O) groups excluding carboxylic acids is 1. The Balaban J connectivity index is 2.98. The molecule has 0 saturated heterocycles. The number of nitrogen functional groups attached to an aromatic ring is 1. The summed E-state index contributed by atoms with van der Waals surface area (Å²) in [5, 5.41) is 11.3. The first kappa shape index (κ1) is 9.30. The highest BCUT2D eigenvalue weighted by atomic mass is 17.5. The van der Waals surface area contributed by atoms with Crippen molar-refractivity contribution in [2.24, 2.45) is 5.73 Å². The van der Waals surface area contributed by atoms with Gasteiger partial charge in [0.15, 0.2) is 5.75 Å². The summed E-state index contributed by atoms with van der Waals surface area (Å²) in [4.78, 5) is 15.0. The zero-order valence-electron chi connectivity index (χ0n) is 6.56. The fraction of sp³-hybridized carbons (Fsp3) is 0. The lowest BCUT2D eigenvalue weighted by Gasteiger charge is -2.03. The summed E-state index contributed by atoms with van der Waals surface area (Å²) in [6, 6.07) is 4.05. The highest BCUT2D eigenvalue weighted by Gasteiger charge is 2.06. The average molecular weight is 184 g/mol. The molecule has 1 rings (SSSR count). The molecule has 1 aromatic carbocycles. The third kappa shape index (κ3) is 2.08. The SMILES string of the molecule is NC(=O)c1ccc(OOO)cc1N. The quantitative estimate of drug-likeness (QED) is 0.352. The molecule has 0 fully saturated rings. The van der Waals surface area contributed by atoms with Crippen molar-refractivity contribution in [3.05, 3.63) is 23.8 Å². The van der Waals surface area contributed by atoms with Crippen molar-refractivity contribution in [2.45, 2.75) is 0 Å². The van der Waals surface area contributed by atoms with Gasteiger partial charge in [0.2, 0.25) is 0 Å². The molecule has 13 heavy (non-hydrogen) atoms. The number of rotatable bonds is 3. The largest absolute Gasteiger partial charge is 0.398 e. The normalized spacial score (nSPS) is 9.62. The van der Waals surface area contributed by atoms with Crippen LogP contribution in [0, 0.1) is 0 Å². The van der Waals surface area contributed by atoms with Crippen LogP contribution in [-0.4, -0.2) is 11.2 Å². The van der Waals surface area contributed by atoms with Gasteiger partial charge in [-0.15, -0.1) is 0 Å². The molecule has 1 amide bonds. The number of carbonyl (C=O) groups is 1. The molecule has 6 nitrogen and oxygen atoms in total. The Hall–Kier alpha value is -1.79. The molecule has 0 spiro atoms. The van der Waals surface area contributed by atoms with Crippen LogP contribution in [0.1, 0.15) is 10.4 Å². The van der Waals surface area contributed by atoms with Crippen molar-refractivity contribution in [1.29, 1.82) is 0 Å². The maximum atomic E-state index is 10.7. The zero-order valence-corrected chi connectivity index (χ0v) is 6.56. The van der Waals surface area contributed by atoms with Crippen molar-refractivity contribution in [1.82, 2.24) is 0 Å². The van der Waals surface area contributed by atoms with Crippen LogP contribution in [0.5, 0.6) is 5.75 Å². The summed E-state index contributed by atoms with van der Waals surface area (Å²) in [5.74, 6) is -0.459. The molecule has 0 atom stereocenters. The molecule has 0 aromatic heterocycles. The van der Waals surface area contributed by atoms with E-state index in [9.17, 15) is 4.79 Å². The van der Waals surface area contributed by atoms with Crippen molar-refractivity contribution in [2.75, 3.05) is 5.73 Å². The monoisotopic (exact) mass is 184 g/mol. The molecule has 0 aliphatic heterocycles. The van der Waals surface area contributed by atoms with E-state index in [1.807, 2.05) is 0 Å². The first-order valence-electron chi connectivity index (χ1n) is 3.32. The van der Waals surface area contributed by atoms with Crippen LogP contribution in [0.3, 0.4) is 0 Å². The molecule has 6 heteroatoms. The molecule has 0 radical (unpaired) electrons. The van der Waals surface area contributed by atoms with Crippen LogP contribution in [0.2, 0.25) is 0 Å². The second-order valence-corrected chi connectivity index (χ2v) is 2.27. The minimum absolute atomic E-state index is 0.155. The van der Waals surface area contributed by atoms with Gasteiger partial charge in [0.1, 0.15) is 0 Å². The predicted octanol–water partition coefficient (Wildman–Crippen LogP) is 0.151.